The summed E-state index contributed by atoms with van der Waals surface area (Å²) in [7, 11) is 0. The highest BCUT2D eigenvalue weighted by Gasteiger charge is 2.13. The van der Waals surface area contributed by atoms with Crippen molar-refractivity contribution in [3.8, 4) is 0 Å². The average Bonchev–Trinajstić information content (AvgIpc) is 2.27. The molecule has 2 rings (SSSR count). The molecule has 1 aliphatic rings. The Morgan fingerprint density at radius 1 is 1.19 bits per heavy atom. The van der Waals surface area contributed by atoms with E-state index in [4.69, 9.17) is 23.2 Å². The maximum Gasteiger partial charge on any atom is 0.143 e. The number of benzene rings is 1. The maximum absolute atomic E-state index is 13.1. The Morgan fingerprint density at radius 2 is 1.88 bits per heavy atom. The minimum atomic E-state index is -0.462. The Kier molecular flexibility index (Phi) is 4.03. The van der Waals surface area contributed by atoms with E-state index in [9.17, 15) is 4.39 Å². The number of rotatable bonds is 2. The lowest BCUT2D eigenvalue weighted by Gasteiger charge is -2.27. The third-order valence-electron chi connectivity index (χ3n) is 2.69. The van der Waals surface area contributed by atoms with Gasteiger partial charge in [0.25, 0.3) is 0 Å². The molecule has 0 bridgehead atoms. The highest BCUT2D eigenvalue weighted by Crippen LogP contribution is 2.25. The van der Waals surface area contributed by atoms with E-state index in [0.717, 1.165) is 38.3 Å². The molecule has 1 fully saturated rings. The molecule has 5 heteroatoms. The Hall–Kier alpha value is -0.350. The summed E-state index contributed by atoms with van der Waals surface area (Å²) in [5.74, 6) is -0.462. The van der Waals surface area contributed by atoms with Crippen LogP contribution in [-0.2, 0) is 6.54 Å². The van der Waals surface area contributed by atoms with Gasteiger partial charge in [-0.05, 0) is 17.7 Å². The van der Waals surface area contributed by atoms with Gasteiger partial charge in [-0.1, -0.05) is 23.2 Å². The smallest absolute Gasteiger partial charge is 0.143 e. The van der Waals surface area contributed by atoms with E-state index in [1.807, 2.05) is 0 Å². The van der Waals surface area contributed by atoms with Crippen molar-refractivity contribution in [2.24, 2.45) is 0 Å². The van der Waals surface area contributed by atoms with Crippen molar-refractivity contribution in [3.63, 3.8) is 0 Å². The van der Waals surface area contributed by atoms with E-state index in [1.54, 1.807) is 6.07 Å². The molecule has 1 saturated heterocycles. The summed E-state index contributed by atoms with van der Waals surface area (Å²) in [6, 6.07) is 2.89. The summed E-state index contributed by atoms with van der Waals surface area (Å²) in [6.07, 6.45) is 0. The minimum Gasteiger partial charge on any atom is -0.314 e. The van der Waals surface area contributed by atoms with Crippen molar-refractivity contribution in [2.75, 3.05) is 26.2 Å². The third kappa shape index (κ3) is 2.86. The van der Waals surface area contributed by atoms with Crippen LogP contribution in [0.4, 0.5) is 4.39 Å². The van der Waals surface area contributed by atoms with Crippen molar-refractivity contribution < 1.29 is 4.39 Å². The van der Waals surface area contributed by atoms with Gasteiger partial charge in [0.15, 0.2) is 0 Å². The zero-order chi connectivity index (χ0) is 11.5. The van der Waals surface area contributed by atoms with Crippen molar-refractivity contribution in [3.05, 3.63) is 33.6 Å². The fourth-order valence-corrected chi connectivity index (χ4v) is 2.19. The van der Waals surface area contributed by atoms with Crippen LogP contribution in [-0.4, -0.2) is 31.1 Å². The predicted molar refractivity (Wildman–Crippen MR) is 64.6 cm³/mol. The molecular weight excluding hydrogens is 250 g/mol. The van der Waals surface area contributed by atoms with Gasteiger partial charge in [0, 0.05) is 37.7 Å². The molecule has 0 amide bonds. The first kappa shape index (κ1) is 12.1. The SMILES string of the molecule is Fc1cc(Cl)c(CN2CCNCC2)cc1Cl. The second-order valence-corrected chi connectivity index (χ2v) is 4.70. The normalized spacial score (nSPS) is 17.7. The van der Waals surface area contributed by atoms with Crippen LogP contribution in [0.2, 0.25) is 10.0 Å². The zero-order valence-electron chi connectivity index (χ0n) is 8.77. The number of hydrogen-bond donors (Lipinski definition) is 1. The van der Waals surface area contributed by atoms with Crippen LogP contribution in [0, 0.1) is 5.82 Å². The average molecular weight is 263 g/mol. The molecule has 0 spiro atoms. The van der Waals surface area contributed by atoms with E-state index in [2.05, 4.69) is 10.2 Å². The third-order valence-corrected chi connectivity index (χ3v) is 3.33. The van der Waals surface area contributed by atoms with Crippen LogP contribution in [0.15, 0.2) is 12.1 Å². The van der Waals surface area contributed by atoms with Gasteiger partial charge in [-0.3, -0.25) is 4.90 Å². The second-order valence-electron chi connectivity index (χ2n) is 3.88. The van der Waals surface area contributed by atoms with Gasteiger partial charge in [-0.15, -0.1) is 0 Å². The second kappa shape index (κ2) is 5.32. The monoisotopic (exact) mass is 262 g/mol. The van der Waals surface area contributed by atoms with E-state index in [0.29, 0.717) is 5.02 Å². The molecule has 2 nitrogen and oxygen atoms in total. The van der Waals surface area contributed by atoms with E-state index < -0.39 is 5.82 Å². The molecule has 1 N–H and O–H groups in total. The highest BCUT2D eigenvalue weighted by molar-refractivity contribution is 6.33. The molecule has 1 aromatic carbocycles. The summed E-state index contributed by atoms with van der Waals surface area (Å²) in [4.78, 5) is 2.27. The van der Waals surface area contributed by atoms with Gasteiger partial charge in [0.1, 0.15) is 5.82 Å². The molecule has 0 unspecified atom stereocenters. The Morgan fingerprint density at radius 3 is 2.56 bits per heavy atom. The van der Waals surface area contributed by atoms with Crippen LogP contribution in [0.1, 0.15) is 5.56 Å². The molecule has 88 valence electrons. The first-order chi connectivity index (χ1) is 7.66. The molecule has 0 saturated carbocycles. The number of hydrogen-bond acceptors (Lipinski definition) is 2. The van der Waals surface area contributed by atoms with Gasteiger partial charge in [-0.2, -0.15) is 0 Å². The first-order valence-electron chi connectivity index (χ1n) is 5.23. The van der Waals surface area contributed by atoms with Crippen molar-refractivity contribution in [2.45, 2.75) is 6.54 Å². The van der Waals surface area contributed by atoms with Crippen LogP contribution < -0.4 is 5.32 Å². The standard InChI is InChI=1S/C11H13Cl2FN2/c12-9-6-11(14)10(13)5-8(9)7-16-3-1-15-2-4-16/h5-6,15H,1-4,7H2. The van der Waals surface area contributed by atoms with E-state index in [1.165, 1.54) is 6.07 Å². The van der Waals surface area contributed by atoms with Crippen molar-refractivity contribution in [1.29, 1.82) is 0 Å². The fraction of sp³-hybridized carbons (Fsp3) is 0.455. The summed E-state index contributed by atoms with van der Waals surface area (Å²) in [6.45, 7) is 4.64. The number of nitrogens with zero attached hydrogens (tertiary/aromatic N) is 1. The zero-order valence-corrected chi connectivity index (χ0v) is 10.3. The summed E-state index contributed by atoms with van der Waals surface area (Å²) >= 11 is 11.7. The van der Waals surface area contributed by atoms with Gasteiger partial charge >= 0.3 is 0 Å². The molecule has 1 heterocycles. The summed E-state index contributed by atoms with van der Waals surface area (Å²) < 4.78 is 13.1. The molecular formula is C11H13Cl2FN2. The Labute approximate surface area is 104 Å². The summed E-state index contributed by atoms with van der Waals surface area (Å²) in [5.41, 5.74) is 0.884. The lowest BCUT2D eigenvalue weighted by molar-refractivity contribution is 0.233. The topological polar surface area (TPSA) is 15.3 Å². The van der Waals surface area contributed by atoms with Gasteiger partial charge < -0.3 is 5.32 Å². The Balaban J connectivity index is 2.11. The van der Waals surface area contributed by atoms with Crippen LogP contribution in [0.5, 0.6) is 0 Å². The van der Waals surface area contributed by atoms with E-state index in [-0.39, 0.29) is 5.02 Å². The molecule has 16 heavy (non-hydrogen) atoms. The largest absolute Gasteiger partial charge is 0.314 e. The minimum absolute atomic E-state index is 0.134. The number of halogens is 3. The van der Waals surface area contributed by atoms with Crippen LogP contribution in [0.3, 0.4) is 0 Å². The van der Waals surface area contributed by atoms with E-state index >= 15 is 0 Å². The molecule has 0 atom stereocenters. The van der Waals surface area contributed by atoms with Gasteiger partial charge in [0.05, 0.1) is 5.02 Å². The fourth-order valence-electron chi connectivity index (χ4n) is 1.80. The lowest BCUT2D eigenvalue weighted by atomic mass is 10.2. The van der Waals surface area contributed by atoms with Crippen molar-refractivity contribution >= 4 is 23.2 Å². The highest BCUT2D eigenvalue weighted by atomic mass is 35.5. The quantitative estimate of drug-likeness (QED) is 0.825. The molecule has 0 aliphatic carbocycles. The predicted octanol–water partition coefficient (Wildman–Crippen LogP) is 2.54. The molecule has 0 radical (unpaired) electrons. The van der Waals surface area contributed by atoms with Gasteiger partial charge in [0.2, 0.25) is 0 Å². The lowest BCUT2D eigenvalue weighted by Crippen LogP contribution is -2.42. The van der Waals surface area contributed by atoms with Gasteiger partial charge in [-0.25, -0.2) is 4.39 Å². The molecule has 1 aromatic rings. The molecule has 0 aromatic heterocycles. The van der Waals surface area contributed by atoms with Crippen LogP contribution >= 0.6 is 23.2 Å². The maximum atomic E-state index is 13.1. The first-order valence-corrected chi connectivity index (χ1v) is 5.99. The summed E-state index contributed by atoms with van der Waals surface area (Å²) in [5, 5.41) is 3.85. The van der Waals surface area contributed by atoms with Crippen molar-refractivity contribution in [1.82, 2.24) is 10.2 Å². The number of nitrogens with one attached hydrogen (secondary N) is 1. The van der Waals surface area contributed by atoms with Crippen LogP contribution in [0.25, 0.3) is 0 Å². The number of piperazine rings is 1. The molecule has 1 aliphatic heterocycles. The Bertz CT molecular complexity index is 378.